The Balaban J connectivity index is 1.38. The molecule has 1 saturated carbocycles. The first-order valence-electron chi connectivity index (χ1n) is 10.0. The minimum Gasteiger partial charge on any atom is -0.332 e. The van der Waals surface area contributed by atoms with Gasteiger partial charge < -0.3 is 9.47 Å². The highest BCUT2D eigenvalue weighted by Crippen LogP contribution is 2.34. The third-order valence-electron chi connectivity index (χ3n) is 5.62. The summed E-state index contributed by atoms with van der Waals surface area (Å²) in [7, 11) is 0. The van der Waals surface area contributed by atoms with Crippen molar-refractivity contribution >= 4 is 5.91 Å². The first-order valence-corrected chi connectivity index (χ1v) is 10.0. The van der Waals surface area contributed by atoms with Crippen LogP contribution in [0.4, 0.5) is 0 Å². The molecule has 26 heavy (non-hydrogen) atoms. The van der Waals surface area contributed by atoms with Gasteiger partial charge in [0.2, 0.25) is 5.91 Å². The zero-order valence-electron chi connectivity index (χ0n) is 15.4. The lowest BCUT2D eigenvalue weighted by Gasteiger charge is -2.35. The fraction of sp³-hybridized carbons (Fsp3) is 0.571. The lowest BCUT2D eigenvalue weighted by Crippen LogP contribution is -2.39. The van der Waals surface area contributed by atoms with E-state index in [0.29, 0.717) is 6.42 Å². The Morgan fingerprint density at radius 2 is 1.96 bits per heavy atom. The topological polar surface area (TPSA) is 51.0 Å². The third kappa shape index (κ3) is 4.14. The van der Waals surface area contributed by atoms with E-state index < -0.39 is 0 Å². The molecule has 2 heterocycles. The van der Waals surface area contributed by atoms with Gasteiger partial charge in [-0.3, -0.25) is 4.79 Å². The lowest BCUT2D eigenvalue weighted by molar-refractivity contribution is -0.135. The van der Waals surface area contributed by atoms with Gasteiger partial charge >= 0.3 is 0 Å². The molecule has 1 aromatic carbocycles. The van der Waals surface area contributed by atoms with Crippen LogP contribution < -0.4 is 0 Å². The summed E-state index contributed by atoms with van der Waals surface area (Å²) in [6.07, 6.45) is 10.2. The average molecular weight is 352 g/mol. The summed E-state index contributed by atoms with van der Waals surface area (Å²) in [6.45, 7) is 1.86. The number of piperidine rings is 1. The maximum atomic E-state index is 12.9. The SMILES string of the molecule is O=C(CCCc1ccccc1)N1CCCC[C@@H]1c1nncn1CC1CC1. The van der Waals surface area contributed by atoms with Crippen LogP contribution >= 0.6 is 0 Å². The molecule has 2 aromatic rings. The Kier molecular flexibility index (Phi) is 5.32. The Labute approximate surface area is 155 Å². The van der Waals surface area contributed by atoms with Gasteiger partial charge in [-0.1, -0.05) is 30.3 Å². The van der Waals surface area contributed by atoms with Gasteiger partial charge in [-0.2, -0.15) is 0 Å². The van der Waals surface area contributed by atoms with Crippen molar-refractivity contribution in [2.45, 2.75) is 64.0 Å². The predicted molar refractivity (Wildman–Crippen MR) is 100 cm³/mol. The van der Waals surface area contributed by atoms with Gasteiger partial charge in [-0.25, -0.2) is 0 Å². The largest absolute Gasteiger partial charge is 0.332 e. The first kappa shape index (κ1) is 17.3. The summed E-state index contributed by atoms with van der Waals surface area (Å²) in [4.78, 5) is 15.0. The molecule has 1 aliphatic carbocycles. The van der Waals surface area contributed by atoms with Gasteiger partial charge in [0.15, 0.2) is 5.82 Å². The van der Waals surface area contributed by atoms with Crippen LogP contribution in [0.5, 0.6) is 0 Å². The standard InChI is InChI=1S/C21H28N4O/c26-20(11-6-9-17-7-2-1-3-8-17)25-14-5-4-10-19(25)21-23-22-16-24(21)15-18-12-13-18/h1-3,7-8,16,18-19H,4-6,9-15H2/t19-/m1/s1. The number of carbonyl (C=O) groups is 1. The van der Waals surface area contributed by atoms with Crippen molar-refractivity contribution < 1.29 is 4.79 Å². The fourth-order valence-corrected chi connectivity index (χ4v) is 3.97. The van der Waals surface area contributed by atoms with Gasteiger partial charge in [0.1, 0.15) is 6.33 Å². The minimum absolute atomic E-state index is 0.106. The van der Waals surface area contributed by atoms with E-state index >= 15 is 0 Å². The number of aryl methyl sites for hydroxylation is 1. The van der Waals surface area contributed by atoms with Gasteiger partial charge in [-0.15, -0.1) is 10.2 Å². The molecule has 4 rings (SSSR count). The maximum Gasteiger partial charge on any atom is 0.223 e. The monoisotopic (exact) mass is 352 g/mol. The van der Waals surface area contributed by atoms with Crippen LogP contribution in [0.3, 0.4) is 0 Å². The number of hydrogen-bond donors (Lipinski definition) is 0. The van der Waals surface area contributed by atoms with Crippen molar-refractivity contribution in [3.8, 4) is 0 Å². The normalized spacial score (nSPS) is 20.3. The van der Waals surface area contributed by atoms with Crippen LogP contribution in [0.15, 0.2) is 36.7 Å². The molecule has 2 aliphatic rings. The molecule has 1 aromatic heterocycles. The van der Waals surface area contributed by atoms with Crippen molar-refractivity contribution in [3.05, 3.63) is 48.0 Å². The summed E-state index contributed by atoms with van der Waals surface area (Å²) in [5.74, 6) is 2.04. The molecule has 138 valence electrons. The van der Waals surface area contributed by atoms with Crippen LogP contribution in [0.2, 0.25) is 0 Å². The van der Waals surface area contributed by atoms with E-state index in [0.717, 1.165) is 56.9 Å². The molecule has 2 fully saturated rings. The van der Waals surface area contributed by atoms with Crippen molar-refractivity contribution in [2.24, 2.45) is 5.92 Å². The second-order valence-electron chi connectivity index (χ2n) is 7.72. The Hall–Kier alpha value is -2.17. The van der Waals surface area contributed by atoms with Crippen LogP contribution in [0.1, 0.15) is 62.4 Å². The predicted octanol–water partition coefficient (Wildman–Crippen LogP) is 3.76. The molecule has 0 unspecified atom stereocenters. The highest BCUT2D eigenvalue weighted by atomic mass is 16.2. The summed E-state index contributed by atoms with van der Waals surface area (Å²) in [5, 5.41) is 8.55. The zero-order chi connectivity index (χ0) is 17.8. The second kappa shape index (κ2) is 8.02. The van der Waals surface area contributed by atoms with Crippen LogP contribution in [0, 0.1) is 5.92 Å². The van der Waals surface area contributed by atoms with Gasteiger partial charge in [0, 0.05) is 19.5 Å². The molecule has 0 spiro atoms. The Bertz CT molecular complexity index is 723. The number of benzene rings is 1. The van der Waals surface area contributed by atoms with E-state index in [1.54, 1.807) is 0 Å². The molecule has 0 bridgehead atoms. The van der Waals surface area contributed by atoms with E-state index in [4.69, 9.17) is 0 Å². The molecule has 1 atom stereocenters. The van der Waals surface area contributed by atoms with Gasteiger partial charge in [0.25, 0.3) is 0 Å². The fourth-order valence-electron chi connectivity index (χ4n) is 3.97. The quantitative estimate of drug-likeness (QED) is 0.762. The molecule has 1 amide bonds. The number of carbonyl (C=O) groups excluding carboxylic acids is 1. The number of amides is 1. The molecular formula is C21H28N4O. The Morgan fingerprint density at radius 3 is 2.77 bits per heavy atom. The number of aromatic nitrogens is 3. The van der Waals surface area contributed by atoms with Crippen molar-refractivity contribution in [1.29, 1.82) is 0 Å². The maximum absolute atomic E-state index is 12.9. The van der Waals surface area contributed by atoms with Crippen molar-refractivity contribution in [1.82, 2.24) is 19.7 Å². The summed E-state index contributed by atoms with van der Waals surface area (Å²) in [6, 6.07) is 10.5. The summed E-state index contributed by atoms with van der Waals surface area (Å²) in [5.41, 5.74) is 1.31. The van der Waals surface area contributed by atoms with E-state index in [2.05, 4.69) is 43.9 Å². The molecule has 5 heteroatoms. The minimum atomic E-state index is 0.106. The molecular weight excluding hydrogens is 324 g/mol. The van der Waals surface area contributed by atoms with E-state index in [9.17, 15) is 4.79 Å². The van der Waals surface area contributed by atoms with Gasteiger partial charge in [0.05, 0.1) is 6.04 Å². The van der Waals surface area contributed by atoms with Crippen molar-refractivity contribution in [3.63, 3.8) is 0 Å². The Morgan fingerprint density at radius 1 is 1.12 bits per heavy atom. The molecule has 0 N–H and O–H groups in total. The first-order chi connectivity index (χ1) is 12.8. The summed E-state index contributed by atoms with van der Waals surface area (Å²) < 4.78 is 2.19. The van der Waals surface area contributed by atoms with Crippen LogP contribution in [-0.2, 0) is 17.8 Å². The average Bonchev–Trinajstić information content (AvgIpc) is 3.38. The number of likely N-dealkylation sites (tertiary alicyclic amines) is 1. The zero-order valence-corrected chi connectivity index (χ0v) is 15.4. The lowest BCUT2D eigenvalue weighted by atomic mass is 10.00. The molecule has 1 aliphatic heterocycles. The highest BCUT2D eigenvalue weighted by Gasteiger charge is 2.32. The van der Waals surface area contributed by atoms with E-state index in [1.807, 2.05) is 12.4 Å². The van der Waals surface area contributed by atoms with Crippen LogP contribution in [-0.4, -0.2) is 32.1 Å². The summed E-state index contributed by atoms with van der Waals surface area (Å²) >= 11 is 0. The number of nitrogens with zero attached hydrogens (tertiary/aromatic N) is 4. The molecule has 0 radical (unpaired) electrons. The third-order valence-corrected chi connectivity index (χ3v) is 5.62. The van der Waals surface area contributed by atoms with Crippen LogP contribution in [0.25, 0.3) is 0 Å². The van der Waals surface area contributed by atoms with Gasteiger partial charge in [-0.05, 0) is 56.4 Å². The second-order valence-corrected chi connectivity index (χ2v) is 7.72. The van der Waals surface area contributed by atoms with E-state index in [1.165, 1.54) is 18.4 Å². The molecule has 5 nitrogen and oxygen atoms in total. The molecule has 1 saturated heterocycles. The highest BCUT2D eigenvalue weighted by molar-refractivity contribution is 5.76. The number of hydrogen-bond acceptors (Lipinski definition) is 3. The smallest absolute Gasteiger partial charge is 0.223 e. The number of rotatable bonds is 7. The van der Waals surface area contributed by atoms with E-state index in [-0.39, 0.29) is 11.9 Å². The van der Waals surface area contributed by atoms with Crippen molar-refractivity contribution in [2.75, 3.05) is 6.54 Å².